The fourth-order valence-electron chi connectivity index (χ4n) is 3.81. The number of nitrogens with zero attached hydrogens (tertiary/aromatic N) is 3. The fraction of sp³-hybridized carbons (Fsp3) is 0.120. The van der Waals surface area contributed by atoms with Gasteiger partial charge in [0.25, 0.3) is 5.91 Å². The lowest BCUT2D eigenvalue weighted by Gasteiger charge is -2.15. The summed E-state index contributed by atoms with van der Waals surface area (Å²) in [5, 5.41) is 11.1. The summed E-state index contributed by atoms with van der Waals surface area (Å²) < 4.78 is 5.77. The largest absolute Gasteiger partial charge is 0.416 e. The van der Waals surface area contributed by atoms with Crippen molar-refractivity contribution in [2.75, 3.05) is 16.8 Å². The van der Waals surface area contributed by atoms with E-state index in [2.05, 4.69) is 15.5 Å². The van der Waals surface area contributed by atoms with Crippen LogP contribution in [0, 0.1) is 0 Å². The maximum atomic E-state index is 12.7. The molecule has 4 aromatic rings. The molecule has 5 rings (SSSR count). The van der Waals surface area contributed by atoms with Gasteiger partial charge in [0, 0.05) is 41.5 Å². The van der Waals surface area contributed by atoms with Crippen LogP contribution in [0.2, 0.25) is 0 Å². The number of hydrogen-bond donors (Lipinski definition) is 1. The van der Waals surface area contributed by atoms with Gasteiger partial charge in [-0.25, -0.2) is 0 Å². The first-order valence-corrected chi connectivity index (χ1v) is 10.3. The molecule has 0 radical (unpaired) electrons. The lowest BCUT2D eigenvalue weighted by molar-refractivity contribution is -0.116. The van der Waals surface area contributed by atoms with Gasteiger partial charge in [0.15, 0.2) is 0 Å². The van der Waals surface area contributed by atoms with E-state index in [0.29, 0.717) is 29.6 Å². The number of carbonyl (C=O) groups is 2. The van der Waals surface area contributed by atoms with Gasteiger partial charge in [0.1, 0.15) is 0 Å². The molecule has 158 valence electrons. The van der Waals surface area contributed by atoms with Crippen LogP contribution in [0.4, 0.5) is 11.4 Å². The number of nitrogens with one attached hydrogen (secondary N) is 1. The van der Waals surface area contributed by atoms with Crippen LogP contribution in [0.15, 0.2) is 77.2 Å². The highest BCUT2D eigenvalue weighted by Gasteiger charge is 2.22. The van der Waals surface area contributed by atoms with E-state index in [1.165, 1.54) is 0 Å². The van der Waals surface area contributed by atoms with Gasteiger partial charge in [-0.15, -0.1) is 10.2 Å². The number of aromatic nitrogens is 2. The zero-order chi connectivity index (χ0) is 22.1. The second kappa shape index (κ2) is 8.11. The first-order valence-electron chi connectivity index (χ1n) is 10.3. The van der Waals surface area contributed by atoms with Crippen molar-refractivity contribution in [2.45, 2.75) is 13.3 Å². The van der Waals surface area contributed by atoms with Crippen LogP contribution in [0.5, 0.6) is 0 Å². The minimum Gasteiger partial charge on any atom is -0.416 e. The highest BCUT2D eigenvalue weighted by molar-refractivity contribution is 6.05. The van der Waals surface area contributed by atoms with E-state index in [1.807, 2.05) is 48.5 Å². The Balaban J connectivity index is 1.29. The third kappa shape index (κ3) is 3.76. The normalized spacial score (nSPS) is 12.5. The number of fused-ring (bicyclic) bond motifs is 1. The molecule has 0 spiro atoms. The number of rotatable bonds is 4. The molecule has 0 bridgehead atoms. The van der Waals surface area contributed by atoms with E-state index in [-0.39, 0.29) is 11.8 Å². The highest BCUT2D eigenvalue weighted by Crippen LogP contribution is 2.31. The van der Waals surface area contributed by atoms with E-state index in [0.717, 1.165) is 28.8 Å². The summed E-state index contributed by atoms with van der Waals surface area (Å²) in [7, 11) is 0. The van der Waals surface area contributed by atoms with Crippen molar-refractivity contribution in [3.05, 3.63) is 83.9 Å². The van der Waals surface area contributed by atoms with Gasteiger partial charge in [-0.1, -0.05) is 18.2 Å². The van der Waals surface area contributed by atoms with Crippen molar-refractivity contribution >= 4 is 23.2 Å². The molecule has 0 aliphatic carbocycles. The maximum absolute atomic E-state index is 12.7. The molecule has 2 amide bonds. The second-order valence-electron chi connectivity index (χ2n) is 7.57. The molecule has 7 nitrogen and oxygen atoms in total. The molecule has 32 heavy (non-hydrogen) atoms. The third-order valence-corrected chi connectivity index (χ3v) is 5.45. The monoisotopic (exact) mass is 424 g/mol. The Morgan fingerprint density at radius 2 is 1.59 bits per heavy atom. The summed E-state index contributed by atoms with van der Waals surface area (Å²) in [6.07, 6.45) is 0.780. The van der Waals surface area contributed by atoms with Crippen molar-refractivity contribution in [3.8, 4) is 22.9 Å². The average molecular weight is 424 g/mol. The van der Waals surface area contributed by atoms with Crippen molar-refractivity contribution in [2.24, 2.45) is 0 Å². The number of hydrogen-bond acceptors (Lipinski definition) is 5. The Kier molecular flexibility index (Phi) is 4.99. The molecule has 1 aliphatic heterocycles. The molecule has 3 aromatic carbocycles. The smallest absolute Gasteiger partial charge is 0.255 e. The molecule has 1 aliphatic rings. The molecular weight excluding hydrogens is 404 g/mol. The molecule has 2 heterocycles. The van der Waals surface area contributed by atoms with E-state index < -0.39 is 0 Å². The predicted octanol–water partition coefficient (Wildman–Crippen LogP) is 4.56. The fourth-order valence-corrected chi connectivity index (χ4v) is 3.81. The Morgan fingerprint density at radius 1 is 0.906 bits per heavy atom. The standard InChI is InChI=1S/C25H20N4O3/c1-16(30)29-14-13-20-15-21(11-12-22(20)29)26-23(31)17-7-9-19(10-8-17)25-28-27-24(32-25)18-5-3-2-4-6-18/h2-12,15H,13-14H2,1H3,(H,26,31). The molecule has 1 N–H and O–H groups in total. The topological polar surface area (TPSA) is 88.3 Å². The molecule has 0 unspecified atom stereocenters. The summed E-state index contributed by atoms with van der Waals surface area (Å²) in [6.45, 7) is 2.23. The average Bonchev–Trinajstić information content (AvgIpc) is 3.47. The zero-order valence-electron chi connectivity index (χ0n) is 17.4. The number of anilines is 2. The Labute approximate surface area is 184 Å². The summed E-state index contributed by atoms with van der Waals surface area (Å²) in [5.74, 6) is 0.651. The minimum atomic E-state index is -0.214. The second-order valence-corrected chi connectivity index (χ2v) is 7.57. The third-order valence-electron chi connectivity index (χ3n) is 5.45. The maximum Gasteiger partial charge on any atom is 0.255 e. The van der Waals surface area contributed by atoms with Crippen LogP contribution >= 0.6 is 0 Å². The van der Waals surface area contributed by atoms with Crippen molar-refractivity contribution in [1.82, 2.24) is 10.2 Å². The first kappa shape index (κ1) is 19.7. The zero-order valence-corrected chi connectivity index (χ0v) is 17.4. The number of amides is 2. The van der Waals surface area contributed by atoms with E-state index in [4.69, 9.17) is 4.42 Å². The van der Waals surface area contributed by atoms with Crippen molar-refractivity contribution in [3.63, 3.8) is 0 Å². The van der Waals surface area contributed by atoms with Gasteiger partial charge >= 0.3 is 0 Å². The minimum absolute atomic E-state index is 0.0257. The summed E-state index contributed by atoms with van der Waals surface area (Å²) in [5.41, 5.74) is 4.77. The van der Waals surface area contributed by atoms with E-state index in [1.54, 1.807) is 36.1 Å². The lowest BCUT2D eigenvalue weighted by atomic mass is 10.1. The van der Waals surface area contributed by atoms with Crippen LogP contribution in [0.3, 0.4) is 0 Å². The van der Waals surface area contributed by atoms with Gasteiger partial charge in [0.05, 0.1) is 0 Å². The quantitative estimate of drug-likeness (QED) is 0.519. The van der Waals surface area contributed by atoms with E-state index >= 15 is 0 Å². The molecule has 7 heteroatoms. The Morgan fingerprint density at radius 3 is 2.28 bits per heavy atom. The number of benzene rings is 3. The lowest BCUT2D eigenvalue weighted by Crippen LogP contribution is -2.25. The Bertz CT molecular complexity index is 1300. The molecule has 1 aromatic heterocycles. The summed E-state index contributed by atoms with van der Waals surface area (Å²) in [4.78, 5) is 26.1. The SMILES string of the molecule is CC(=O)N1CCc2cc(NC(=O)c3ccc(-c4nnc(-c5ccccc5)o4)cc3)ccc21. The van der Waals surface area contributed by atoms with Gasteiger partial charge in [-0.3, -0.25) is 9.59 Å². The molecule has 0 fully saturated rings. The molecule has 0 atom stereocenters. The predicted molar refractivity (Wildman–Crippen MR) is 121 cm³/mol. The van der Waals surface area contributed by atoms with Crippen LogP contribution in [0.1, 0.15) is 22.8 Å². The van der Waals surface area contributed by atoms with Crippen molar-refractivity contribution in [1.29, 1.82) is 0 Å². The van der Waals surface area contributed by atoms with Gasteiger partial charge in [-0.2, -0.15) is 0 Å². The van der Waals surface area contributed by atoms with Gasteiger partial charge in [-0.05, 0) is 66.6 Å². The van der Waals surface area contributed by atoms with Crippen LogP contribution in [-0.2, 0) is 11.2 Å². The van der Waals surface area contributed by atoms with Crippen LogP contribution < -0.4 is 10.2 Å². The molecule has 0 saturated carbocycles. The first-order chi connectivity index (χ1) is 15.6. The van der Waals surface area contributed by atoms with E-state index in [9.17, 15) is 9.59 Å². The Hall–Kier alpha value is -4.26. The summed E-state index contributed by atoms with van der Waals surface area (Å²) >= 11 is 0. The highest BCUT2D eigenvalue weighted by atomic mass is 16.4. The molecular formula is C25H20N4O3. The van der Waals surface area contributed by atoms with Crippen molar-refractivity contribution < 1.29 is 14.0 Å². The molecule has 0 saturated heterocycles. The number of carbonyl (C=O) groups excluding carboxylic acids is 2. The van der Waals surface area contributed by atoms with Gasteiger partial charge in [0.2, 0.25) is 17.7 Å². The summed E-state index contributed by atoms with van der Waals surface area (Å²) in [6, 6.07) is 22.2. The van der Waals surface area contributed by atoms with Crippen LogP contribution in [0.25, 0.3) is 22.9 Å². The van der Waals surface area contributed by atoms with Crippen LogP contribution in [-0.4, -0.2) is 28.6 Å². The van der Waals surface area contributed by atoms with Gasteiger partial charge < -0.3 is 14.6 Å².